The van der Waals surface area contributed by atoms with Crippen molar-refractivity contribution >= 4 is 18.5 Å². The van der Waals surface area contributed by atoms with Crippen LogP contribution in [0.4, 0.5) is 0 Å². The van der Waals surface area contributed by atoms with Crippen LogP contribution in [0.25, 0.3) is 0 Å². The van der Waals surface area contributed by atoms with Crippen molar-refractivity contribution < 1.29 is 9.53 Å². The number of hydrogen-bond donors (Lipinski definition) is 2. The SMILES string of the molecule is COc1ccccc1C(=O)NCCS. The Balaban J connectivity index is 2.78. The van der Waals surface area contributed by atoms with Gasteiger partial charge in [-0.25, -0.2) is 0 Å². The van der Waals surface area contributed by atoms with Crippen LogP contribution in [-0.4, -0.2) is 25.3 Å². The lowest BCUT2D eigenvalue weighted by Crippen LogP contribution is -2.25. The van der Waals surface area contributed by atoms with Crippen LogP contribution < -0.4 is 10.1 Å². The number of hydrogen-bond acceptors (Lipinski definition) is 3. The molecule has 0 heterocycles. The zero-order chi connectivity index (χ0) is 10.4. The molecule has 0 unspecified atom stereocenters. The monoisotopic (exact) mass is 211 g/mol. The van der Waals surface area contributed by atoms with E-state index in [2.05, 4.69) is 17.9 Å². The van der Waals surface area contributed by atoms with Crippen LogP contribution in [0.15, 0.2) is 24.3 Å². The summed E-state index contributed by atoms with van der Waals surface area (Å²) in [5.41, 5.74) is 0.553. The van der Waals surface area contributed by atoms with Crippen molar-refractivity contribution in [3.63, 3.8) is 0 Å². The number of methoxy groups -OCH3 is 1. The minimum absolute atomic E-state index is 0.128. The van der Waals surface area contributed by atoms with Crippen LogP contribution in [0.2, 0.25) is 0 Å². The Morgan fingerprint density at radius 1 is 1.50 bits per heavy atom. The summed E-state index contributed by atoms with van der Waals surface area (Å²) in [6.45, 7) is 0.556. The van der Waals surface area contributed by atoms with Crippen molar-refractivity contribution in [1.29, 1.82) is 0 Å². The first-order chi connectivity index (χ1) is 6.79. The second-order valence-electron chi connectivity index (χ2n) is 2.68. The molecule has 0 atom stereocenters. The predicted molar refractivity (Wildman–Crippen MR) is 59.2 cm³/mol. The number of thiol groups is 1. The van der Waals surface area contributed by atoms with E-state index in [1.165, 1.54) is 0 Å². The number of rotatable bonds is 4. The lowest BCUT2D eigenvalue weighted by molar-refractivity contribution is 0.0953. The number of benzene rings is 1. The van der Waals surface area contributed by atoms with E-state index in [0.717, 1.165) is 0 Å². The van der Waals surface area contributed by atoms with Crippen molar-refractivity contribution in [2.45, 2.75) is 0 Å². The molecule has 0 aliphatic heterocycles. The number of carbonyl (C=O) groups excluding carboxylic acids is 1. The van der Waals surface area contributed by atoms with Gasteiger partial charge in [0.1, 0.15) is 5.75 Å². The van der Waals surface area contributed by atoms with E-state index >= 15 is 0 Å². The molecule has 0 aliphatic rings. The standard InChI is InChI=1S/C10H13NO2S/c1-13-9-5-3-2-4-8(9)10(12)11-6-7-14/h2-5,14H,6-7H2,1H3,(H,11,12). The highest BCUT2D eigenvalue weighted by Crippen LogP contribution is 2.16. The highest BCUT2D eigenvalue weighted by molar-refractivity contribution is 7.80. The molecule has 0 bridgehead atoms. The van der Waals surface area contributed by atoms with E-state index in [1.807, 2.05) is 6.07 Å². The Bertz CT molecular complexity index is 315. The molecule has 0 saturated heterocycles. The molecular formula is C10H13NO2S. The zero-order valence-electron chi connectivity index (χ0n) is 7.99. The summed E-state index contributed by atoms with van der Waals surface area (Å²) in [5.74, 6) is 1.08. The average Bonchev–Trinajstić information content (AvgIpc) is 2.25. The van der Waals surface area contributed by atoms with E-state index in [4.69, 9.17) is 4.74 Å². The van der Waals surface area contributed by atoms with Gasteiger partial charge in [0.2, 0.25) is 0 Å². The molecule has 1 aromatic carbocycles. The lowest BCUT2D eigenvalue weighted by atomic mass is 10.2. The normalized spacial score (nSPS) is 9.57. The van der Waals surface area contributed by atoms with Gasteiger partial charge in [0, 0.05) is 12.3 Å². The summed E-state index contributed by atoms with van der Waals surface area (Å²) in [5, 5.41) is 2.73. The van der Waals surface area contributed by atoms with E-state index in [9.17, 15) is 4.79 Å². The topological polar surface area (TPSA) is 38.3 Å². The maximum atomic E-state index is 11.6. The van der Waals surface area contributed by atoms with Gasteiger partial charge in [-0.3, -0.25) is 4.79 Å². The molecule has 0 saturated carbocycles. The summed E-state index contributed by atoms with van der Waals surface area (Å²) in [7, 11) is 1.55. The molecule has 0 aromatic heterocycles. The van der Waals surface area contributed by atoms with E-state index in [1.54, 1.807) is 25.3 Å². The summed E-state index contributed by atoms with van der Waals surface area (Å²) >= 11 is 4.01. The predicted octanol–water partition coefficient (Wildman–Crippen LogP) is 1.35. The molecule has 4 heteroatoms. The molecule has 1 aromatic rings. The Morgan fingerprint density at radius 2 is 2.21 bits per heavy atom. The van der Waals surface area contributed by atoms with Gasteiger partial charge in [0.25, 0.3) is 5.91 Å². The maximum Gasteiger partial charge on any atom is 0.255 e. The fourth-order valence-corrected chi connectivity index (χ4v) is 1.21. The molecule has 1 N–H and O–H groups in total. The fourth-order valence-electron chi connectivity index (χ4n) is 1.10. The average molecular weight is 211 g/mol. The molecule has 3 nitrogen and oxygen atoms in total. The minimum Gasteiger partial charge on any atom is -0.496 e. The summed E-state index contributed by atoms with van der Waals surface area (Å²) in [4.78, 5) is 11.6. The Hall–Kier alpha value is -1.16. The van der Waals surface area contributed by atoms with Gasteiger partial charge in [-0.05, 0) is 12.1 Å². The molecule has 14 heavy (non-hydrogen) atoms. The highest BCUT2D eigenvalue weighted by atomic mass is 32.1. The van der Waals surface area contributed by atoms with Crippen LogP contribution in [0.3, 0.4) is 0 Å². The third-order valence-electron chi connectivity index (χ3n) is 1.75. The molecule has 1 rings (SSSR count). The quantitative estimate of drug-likeness (QED) is 0.738. The molecular weight excluding hydrogens is 198 g/mol. The third kappa shape index (κ3) is 2.67. The second kappa shape index (κ2) is 5.54. The van der Waals surface area contributed by atoms with E-state index in [-0.39, 0.29) is 5.91 Å². The van der Waals surface area contributed by atoms with Crippen LogP contribution in [0.1, 0.15) is 10.4 Å². The zero-order valence-corrected chi connectivity index (χ0v) is 8.88. The third-order valence-corrected chi connectivity index (χ3v) is 1.97. The van der Waals surface area contributed by atoms with Crippen molar-refractivity contribution in [1.82, 2.24) is 5.32 Å². The van der Waals surface area contributed by atoms with Crippen LogP contribution in [-0.2, 0) is 0 Å². The van der Waals surface area contributed by atoms with Gasteiger partial charge in [0.15, 0.2) is 0 Å². The van der Waals surface area contributed by atoms with Gasteiger partial charge in [0.05, 0.1) is 12.7 Å². The Labute approximate surface area is 88.9 Å². The number of nitrogens with one attached hydrogen (secondary N) is 1. The summed E-state index contributed by atoms with van der Waals surface area (Å²) in [6.07, 6.45) is 0. The van der Waals surface area contributed by atoms with Crippen LogP contribution in [0, 0.1) is 0 Å². The van der Waals surface area contributed by atoms with E-state index < -0.39 is 0 Å². The summed E-state index contributed by atoms with van der Waals surface area (Å²) < 4.78 is 5.07. The van der Waals surface area contributed by atoms with Crippen molar-refractivity contribution in [3.8, 4) is 5.75 Å². The molecule has 0 radical (unpaired) electrons. The van der Waals surface area contributed by atoms with Crippen molar-refractivity contribution in [3.05, 3.63) is 29.8 Å². The van der Waals surface area contributed by atoms with Gasteiger partial charge in [-0.1, -0.05) is 12.1 Å². The fraction of sp³-hybridized carbons (Fsp3) is 0.300. The first kappa shape index (κ1) is 10.9. The molecule has 1 amide bonds. The lowest BCUT2D eigenvalue weighted by Gasteiger charge is -2.07. The highest BCUT2D eigenvalue weighted by Gasteiger charge is 2.09. The Kier molecular flexibility index (Phi) is 4.32. The van der Waals surface area contributed by atoms with Crippen LogP contribution in [0.5, 0.6) is 5.75 Å². The van der Waals surface area contributed by atoms with Crippen molar-refractivity contribution in [2.24, 2.45) is 0 Å². The second-order valence-corrected chi connectivity index (χ2v) is 3.13. The minimum atomic E-state index is -0.128. The first-order valence-corrected chi connectivity index (χ1v) is 4.95. The number of carbonyl (C=O) groups is 1. The number of para-hydroxylation sites is 1. The summed E-state index contributed by atoms with van der Waals surface area (Å²) in [6, 6.07) is 7.12. The van der Waals surface area contributed by atoms with Gasteiger partial charge >= 0.3 is 0 Å². The molecule has 0 aliphatic carbocycles. The maximum absolute atomic E-state index is 11.6. The number of amides is 1. The smallest absolute Gasteiger partial charge is 0.255 e. The van der Waals surface area contributed by atoms with Gasteiger partial charge in [-0.2, -0.15) is 12.6 Å². The molecule has 0 spiro atoms. The van der Waals surface area contributed by atoms with E-state index in [0.29, 0.717) is 23.6 Å². The van der Waals surface area contributed by atoms with Gasteiger partial charge < -0.3 is 10.1 Å². The van der Waals surface area contributed by atoms with Crippen LogP contribution >= 0.6 is 12.6 Å². The Morgan fingerprint density at radius 3 is 2.86 bits per heavy atom. The van der Waals surface area contributed by atoms with Crippen molar-refractivity contribution in [2.75, 3.05) is 19.4 Å². The van der Waals surface area contributed by atoms with Gasteiger partial charge in [-0.15, -0.1) is 0 Å². The first-order valence-electron chi connectivity index (χ1n) is 4.31. The molecule has 0 fully saturated rings. The largest absolute Gasteiger partial charge is 0.496 e. The number of ether oxygens (including phenoxy) is 1. The molecule has 76 valence electrons.